The third-order valence-electron chi connectivity index (χ3n) is 2.37. The molecule has 0 saturated heterocycles. The molecule has 3 rings (SSSR count). The van der Waals surface area contributed by atoms with Gasteiger partial charge in [-0.3, -0.25) is 4.79 Å². The Morgan fingerprint density at radius 3 is 2.25 bits per heavy atom. The van der Waals surface area contributed by atoms with E-state index in [1.165, 1.54) is 9.79 Å². The number of hydrogen-bond donors (Lipinski definition) is 0. The summed E-state index contributed by atoms with van der Waals surface area (Å²) in [5, 5.41) is 0. The van der Waals surface area contributed by atoms with Gasteiger partial charge in [0.25, 0.3) is 0 Å². The standard InChI is InChI=1S/C13H7OS2/c14-8-9-4-3-7-12-13(9)16-11-6-2-1-5-10(11)15-12/h1-7H. The van der Waals surface area contributed by atoms with Crippen molar-refractivity contribution in [3.05, 3.63) is 48.0 Å². The van der Waals surface area contributed by atoms with Gasteiger partial charge in [0.2, 0.25) is 6.29 Å². The van der Waals surface area contributed by atoms with Gasteiger partial charge in [-0.1, -0.05) is 41.7 Å². The summed E-state index contributed by atoms with van der Waals surface area (Å²) in [4.78, 5) is 15.5. The second kappa shape index (κ2) is 4.00. The Hall–Kier alpha value is -1.19. The molecule has 1 aliphatic rings. The first-order valence-corrected chi connectivity index (χ1v) is 6.47. The maximum atomic E-state index is 10.8. The van der Waals surface area contributed by atoms with E-state index in [4.69, 9.17) is 0 Å². The minimum absolute atomic E-state index is 0.657. The van der Waals surface area contributed by atoms with Crippen LogP contribution in [-0.2, 0) is 4.79 Å². The molecular weight excluding hydrogens is 236 g/mol. The summed E-state index contributed by atoms with van der Waals surface area (Å²) in [7, 11) is 0. The van der Waals surface area contributed by atoms with Crippen LogP contribution in [0.4, 0.5) is 0 Å². The first-order valence-electron chi connectivity index (χ1n) is 4.84. The lowest BCUT2D eigenvalue weighted by Gasteiger charge is -2.18. The van der Waals surface area contributed by atoms with Crippen LogP contribution in [0.1, 0.15) is 5.56 Å². The molecule has 0 unspecified atom stereocenters. The monoisotopic (exact) mass is 243 g/mol. The molecule has 0 aliphatic carbocycles. The normalized spacial score (nSPS) is 12.8. The summed E-state index contributed by atoms with van der Waals surface area (Å²) in [6, 6.07) is 14.0. The van der Waals surface area contributed by atoms with Crippen LogP contribution in [0.5, 0.6) is 0 Å². The maximum Gasteiger partial charge on any atom is 0.234 e. The average molecular weight is 243 g/mol. The van der Waals surface area contributed by atoms with E-state index in [0.29, 0.717) is 5.56 Å². The summed E-state index contributed by atoms with van der Waals surface area (Å²) >= 11 is 3.36. The second-order valence-electron chi connectivity index (χ2n) is 3.39. The van der Waals surface area contributed by atoms with Crippen LogP contribution in [0.3, 0.4) is 0 Å². The van der Waals surface area contributed by atoms with E-state index in [1.54, 1.807) is 23.5 Å². The van der Waals surface area contributed by atoms with Gasteiger partial charge in [-0.05, 0) is 24.3 Å². The van der Waals surface area contributed by atoms with Gasteiger partial charge in [0, 0.05) is 25.1 Å². The lowest BCUT2D eigenvalue weighted by atomic mass is 10.2. The zero-order valence-corrected chi connectivity index (χ0v) is 9.90. The van der Waals surface area contributed by atoms with Crippen molar-refractivity contribution < 1.29 is 4.79 Å². The SMILES string of the molecule is O=[C]c1cccc2c1Sc1ccccc1S2. The van der Waals surface area contributed by atoms with Crippen molar-refractivity contribution in [3.8, 4) is 0 Å². The van der Waals surface area contributed by atoms with Crippen LogP contribution >= 0.6 is 23.5 Å². The molecule has 2 aromatic rings. The Bertz CT molecular complexity index is 564. The van der Waals surface area contributed by atoms with Crippen molar-refractivity contribution in [2.75, 3.05) is 0 Å². The highest BCUT2D eigenvalue weighted by molar-refractivity contribution is 8.05. The van der Waals surface area contributed by atoms with Gasteiger partial charge >= 0.3 is 0 Å². The lowest BCUT2D eigenvalue weighted by Crippen LogP contribution is -1.93. The van der Waals surface area contributed by atoms with Gasteiger partial charge in [0.1, 0.15) is 0 Å². The third kappa shape index (κ3) is 1.56. The first kappa shape index (κ1) is 10.00. The molecule has 77 valence electrons. The van der Waals surface area contributed by atoms with E-state index in [0.717, 1.165) is 9.79 Å². The molecule has 0 fully saturated rings. The highest BCUT2D eigenvalue weighted by atomic mass is 32.2. The minimum atomic E-state index is 0.657. The fraction of sp³-hybridized carbons (Fsp3) is 0. The van der Waals surface area contributed by atoms with Gasteiger partial charge in [-0.2, -0.15) is 0 Å². The largest absolute Gasteiger partial charge is 0.285 e. The molecule has 0 aromatic heterocycles. The molecular formula is C13H7OS2. The highest BCUT2D eigenvalue weighted by Gasteiger charge is 2.18. The van der Waals surface area contributed by atoms with E-state index in [1.807, 2.05) is 36.6 Å². The third-order valence-corrected chi connectivity index (χ3v) is 4.98. The quantitative estimate of drug-likeness (QED) is 0.647. The summed E-state index contributed by atoms with van der Waals surface area (Å²) in [6.07, 6.45) is 2.00. The zero-order chi connectivity index (χ0) is 11.0. The fourth-order valence-corrected chi connectivity index (χ4v) is 3.95. The van der Waals surface area contributed by atoms with Crippen LogP contribution in [0.2, 0.25) is 0 Å². The van der Waals surface area contributed by atoms with Crippen molar-refractivity contribution in [3.63, 3.8) is 0 Å². The van der Waals surface area contributed by atoms with Gasteiger partial charge in [-0.15, -0.1) is 0 Å². The minimum Gasteiger partial charge on any atom is -0.285 e. The van der Waals surface area contributed by atoms with Crippen molar-refractivity contribution in [2.24, 2.45) is 0 Å². The number of hydrogen-bond acceptors (Lipinski definition) is 3. The summed E-state index contributed by atoms with van der Waals surface area (Å²) in [6.45, 7) is 0. The highest BCUT2D eigenvalue weighted by Crippen LogP contribution is 2.49. The van der Waals surface area contributed by atoms with E-state index in [9.17, 15) is 4.79 Å². The van der Waals surface area contributed by atoms with Crippen molar-refractivity contribution in [1.82, 2.24) is 0 Å². The number of rotatable bonds is 1. The molecule has 16 heavy (non-hydrogen) atoms. The molecule has 2 aromatic carbocycles. The maximum absolute atomic E-state index is 10.8. The Morgan fingerprint density at radius 1 is 0.812 bits per heavy atom. The topological polar surface area (TPSA) is 17.1 Å². The summed E-state index contributed by atoms with van der Waals surface area (Å²) < 4.78 is 0. The smallest absolute Gasteiger partial charge is 0.234 e. The molecule has 0 N–H and O–H groups in total. The zero-order valence-electron chi connectivity index (χ0n) is 8.27. The molecule has 3 heteroatoms. The second-order valence-corrected chi connectivity index (χ2v) is 5.52. The van der Waals surface area contributed by atoms with Crippen molar-refractivity contribution in [1.29, 1.82) is 0 Å². The predicted octanol–water partition coefficient (Wildman–Crippen LogP) is 3.76. The average Bonchev–Trinajstić information content (AvgIpc) is 2.35. The summed E-state index contributed by atoms with van der Waals surface area (Å²) in [5.41, 5.74) is 0.657. The molecule has 0 bridgehead atoms. The Balaban J connectivity index is 2.15. The van der Waals surface area contributed by atoms with Crippen LogP contribution in [0.25, 0.3) is 0 Å². The van der Waals surface area contributed by atoms with Crippen LogP contribution < -0.4 is 0 Å². The van der Waals surface area contributed by atoms with Gasteiger partial charge < -0.3 is 0 Å². The predicted molar refractivity (Wildman–Crippen MR) is 65.9 cm³/mol. The molecule has 1 aliphatic heterocycles. The molecule has 1 nitrogen and oxygen atoms in total. The molecule has 0 spiro atoms. The van der Waals surface area contributed by atoms with Crippen LogP contribution in [-0.4, -0.2) is 6.29 Å². The Morgan fingerprint density at radius 2 is 1.50 bits per heavy atom. The Kier molecular flexibility index (Phi) is 2.50. The fourth-order valence-electron chi connectivity index (χ4n) is 1.63. The van der Waals surface area contributed by atoms with E-state index < -0.39 is 0 Å². The molecule has 0 atom stereocenters. The van der Waals surface area contributed by atoms with Crippen LogP contribution in [0.15, 0.2) is 62.0 Å². The number of fused-ring (bicyclic) bond motifs is 2. The molecule has 0 saturated carbocycles. The summed E-state index contributed by atoms with van der Waals surface area (Å²) in [5.74, 6) is 0. The van der Waals surface area contributed by atoms with Gasteiger partial charge in [-0.25, -0.2) is 0 Å². The molecule has 0 amide bonds. The van der Waals surface area contributed by atoms with Crippen LogP contribution in [0, 0.1) is 0 Å². The lowest BCUT2D eigenvalue weighted by molar-refractivity contribution is 0.562. The van der Waals surface area contributed by atoms with Crippen molar-refractivity contribution in [2.45, 2.75) is 19.6 Å². The molecule has 1 radical (unpaired) electrons. The first-order chi connectivity index (χ1) is 7.88. The van der Waals surface area contributed by atoms with Gasteiger partial charge in [0.15, 0.2) is 0 Å². The number of carbonyl (C=O) groups excluding carboxylic acids is 1. The van der Waals surface area contributed by atoms with E-state index >= 15 is 0 Å². The Labute approximate surface area is 102 Å². The number of benzene rings is 2. The van der Waals surface area contributed by atoms with E-state index in [-0.39, 0.29) is 0 Å². The van der Waals surface area contributed by atoms with Crippen molar-refractivity contribution >= 4 is 29.8 Å². The van der Waals surface area contributed by atoms with Gasteiger partial charge in [0.05, 0.1) is 0 Å². The van der Waals surface area contributed by atoms with E-state index in [2.05, 4.69) is 12.1 Å². The molecule has 1 heterocycles.